The number of amidine groups is 1. The van der Waals surface area contributed by atoms with Crippen molar-refractivity contribution < 1.29 is 0 Å². The Balaban J connectivity index is 1.76. The molecule has 1 aliphatic heterocycles. The first kappa shape index (κ1) is 13.8. The molecule has 1 unspecified atom stereocenters. The van der Waals surface area contributed by atoms with Crippen molar-refractivity contribution in [1.82, 2.24) is 0 Å². The molecule has 20 heavy (non-hydrogen) atoms. The molecule has 2 aromatic rings. The van der Waals surface area contributed by atoms with Gasteiger partial charge < -0.3 is 5.32 Å². The summed E-state index contributed by atoms with van der Waals surface area (Å²) in [6, 6.07) is 15.9. The van der Waals surface area contributed by atoms with Gasteiger partial charge in [0.25, 0.3) is 0 Å². The summed E-state index contributed by atoms with van der Waals surface area (Å²) < 4.78 is 0. The molecule has 0 aromatic heterocycles. The molecule has 1 aliphatic rings. The summed E-state index contributed by atoms with van der Waals surface area (Å²) in [4.78, 5) is 4.69. The molecule has 2 aromatic carbocycles. The maximum atomic E-state index is 6.15. The largest absolute Gasteiger partial charge is 0.334 e. The van der Waals surface area contributed by atoms with E-state index >= 15 is 0 Å². The van der Waals surface area contributed by atoms with Crippen molar-refractivity contribution in [3.63, 3.8) is 0 Å². The van der Waals surface area contributed by atoms with Crippen LogP contribution in [0.1, 0.15) is 11.6 Å². The lowest BCUT2D eigenvalue weighted by molar-refractivity contribution is 0.849. The van der Waals surface area contributed by atoms with E-state index in [0.717, 1.165) is 16.6 Å². The normalized spacial score (nSPS) is 17.9. The van der Waals surface area contributed by atoms with Gasteiger partial charge in [-0.2, -0.15) is 0 Å². The van der Waals surface area contributed by atoms with Crippen LogP contribution in [0.25, 0.3) is 0 Å². The molecule has 0 saturated carbocycles. The summed E-state index contributed by atoms with van der Waals surface area (Å²) in [7, 11) is 0. The van der Waals surface area contributed by atoms with Gasteiger partial charge in [0.05, 0.1) is 16.8 Å². The molecule has 3 rings (SSSR count). The SMILES string of the molecule is Clc1ccc(NC2=NC(c3ccccc3)CS2)c(Cl)c1. The average Bonchev–Trinajstić information content (AvgIpc) is 2.92. The Morgan fingerprint density at radius 3 is 2.65 bits per heavy atom. The van der Waals surface area contributed by atoms with Gasteiger partial charge in [0.1, 0.15) is 0 Å². The van der Waals surface area contributed by atoms with Gasteiger partial charge in [-0.25, -0.2) is 0 Å². The number of rotatable bonds is 2. The number of nitrogens with one attached hydrogen (secondary N) is 1. The molecule has 0 aliphatic carbocycles. The highest BCUT2D eigenvalue weighted by molar-refractivity contribution is 8.14. The fourth-order valence-electron chi connectivity index (χ4n) is 1.99. The predicted molar refractivity (Wildman–Crippen MR) is 89.2 cm³/mol. The van der Waals surface area contributed by atoms with Crippen LogP contribution in [0.3, 0.4) is 0 Å². The number of thioether (sulfide) groups is 1. The first-order chi connectivity index (χ1) is 9.72. The molecule has 0 radical (unpaired) electrons. The van der Waals surface area contributed by atoms with Gasteiger partial charge in [-0.15, -0.1) is 0 Å². The monoisotopic (exact) mass is 322 g/mol. The number of hydrogen-bond acceptors (Lipinski definition) is 3. The first-order valence-corrected chi connectivity index (χ1v) is 7.94. The van der Waals surface area contributed by atoms with E-state index in [2.05, 4.69) is 17.4 Å². The first-order valence-electron chi connectivity index (χ1n) is 6.20. The van der Waals surface area contributed by atoms with Gasteiger partial charge in [0.2, 0.25) is 0 Å². The topological polar surface area (TPSA) is 24.4 Å². The molecule has 5 heteroatoms. The molecule has 1 N–H and O–H groups in total. The van der Waals surface area contributed by atoms with Crippen LogP contribution in [0.4, 0.5) is 5.69 Å². The summed E-state index contributed by atoms with van der Waals surface area (Å²) in [6.07, 6.45) is 0. The Hall–Kier alpha value is -1.16. The number of benzene rings is 2. The fourth-order valence-corrected chi connectivity index (χ4v) is 3.42. The van der Waals surface area contributed by atoms with Gasteiger partial charge in [-0.05, 0) is 23.8 Å². The molecular formula is C15H12Cl2N2S. The quantitative estimate of drug-likeness (QED) is 0.816. The molecule has 2 nitrogen and oxygen atoms in total. The third kappa shape index (κ3) is 3.11. The van der Waals surface area contributed by atoms with Crippen molar-refractivity contribution in [3.05, 3.63) is 64.1 Å². The number of halogens is 2. The Morgan fingerprint density at radius 1 is 1.10 bits per heavy atom. The smallest absolute Gasteiger partial charge is 0.161 e. The molecule has 0 fully saturated rings. The molecule has 0 amide bonds. The maximum Gasteiger partial charge on any atom is 0.161 e. The van der Waals surface area contributed by atoms with Gasteiger partial charge in [-0.1, -0.05) is 65.3 Å². The lowest BCUT2D eigenvalue weighted by atomic mass is 10.1. The minimum Gasteiger partial charge on any atom is -0.334 e. The molecule has 102 valence electrons. The van der Waals surface area contributed by atoms with Crippen LogP contribution in [0.2, 0.25) is 10.0 Å². The van der Waals surface area contributed by atoms with Crippen molar-refractivity contribution in [2.75, 3.05) is 11.1 Å². The molecule has 1 heterocycles. The lowest BCUT2D eigenvalue weighted by Gasteiger charge is -2.07. The van der Waals surface area contributed by atoms with E-state index in [1.807, 2.05) is 30.3 Å². The Kier molecular flexibility index (Phi) is 4.20. The van der Waals surface area contributed by atoms with Crippen molar-refractivity contribution >= 4 is 45.8 Å². The second-order valence-corrected chi connectivity index (χ2v) is 6.27. The maximum absolute atomic E-state index is 6.15. The Labute approximate surface area is 132 Å². The van der Waals surface area contributed by atoms with Crippen LogP contribution < -0.4 is 5.32 Å². The second kappa shape index (κ2) is 6.08. The summed E-state index contributed by atoms with van der Waals surface area (Å²) in [5.41, 5.74) is 2.06. The third-order valence-corrected chi connectivity index (χ3v) is 4.52. The zero-order valence-corrected chi connectivity index (χ0v) is 12.8. The summed E-state index contributed by atoms with van der Waals surface area (Å²) >= 11 is 13.7. The highest BCUT2D eigenvalue weighted by atomic mass is 35.5. The molecular weight excluding hydrogens is 311 g/mol. The van der Waals surface area contributed by atoms with Gasteiger partial charge in [0.15, 0.2) is 5.17 Å². The molecule has 0 bridgehead atoms. The number of anilines is 1. The standard InChI is InChI=1S/C15H12Cl2N2S/c16-11-6-7-13(12(17)8-11)18-15-19-14(9-20-15)10-4-2-1-3-5-10/h1-8,14H,9H2,(H,18,19). The van der Waals surface area contributed by atoms with Crippen LogP contribution in [0, 0.1) is 0 Å². The molecule has 1 atom stereocenters. The van der Waals surface area contributed by atoms with E-state index in [-0.39, 0.29) is 6.04 Å². The Morgan fingerprint density at radius 2 is 1.90 bits per heavy atom. The molecule has 0 saturated heterocycles. The highest BCUT2D eigenvalue weighted by Gasteiger charge is 2.20. The minimum absolute atomic E-state index is 0.203. The third-order valence-electron chi connectivity index (χ3n) is 3.01. The van der Waals surface area contributed by atoms with Crippen molar-refractivity contribution in [3.8, 4) is 0 Å². The fraction of sp³-hybridized carbons (Fsp3) is 0.133. The average molecular weight is 323 g/mol. The summed E-state index contributed by atoms with van der Waals surface area (Å²) in [5.74, 6) is 0.942. The zero-order valence-electron chi connectivity index (χ0n) is 10.5. The highest BCUT2D eigenvalue weighted by Crippen LogP contribution is 2.32. The van der Waals surface area contributed by atoms with E-state index < -0.39 is 0 Å². The summed E-state index contributed by atoms with van der Waals surface area (Å²) in [5, 5.41) is 5.38. The molecule has 0 spiro atoms. The minimum atomic E-state index is 0.203. The van der Waals surface area contributed by atoms with E-state index in [4.69, 9.17) is 28.2 Å². The summed E-state index contributed by atoms with van der Waals surface area (Å²) in [6.45, 7) is 0. The van der Waals surface area contributed by atoms with Gasteiger partial charge in [-0.3, -0.25) is 4.99 Å². The van der Waals surface area contributed by atoms with Crippen LogP contribution in [0.5, 0.6) is 0 Å². The van der Waals surface area contributed by atoms with Crippen molar-refractivity contribution in [1.29, 1.82) is 0 Å². The van der Waals surface area contributed by atoms with Crippen LogP contribution >= 0.6 is 35.0 Å². The van der Waals surface area contributed by atoms with Crippen molar-refractivity contribution in [2.45, 2.75) is 6.04 Å². The number of hydrogen-bond donors (Lipinski definition) is 1. The van der Waals surface area contributed by atoms with Crippen molar-refractivity contribution in [2.24, 2.45) is 4.99 Å². The van der Waals surface area contributed by atoms with E-state index in [1.54, 1.807) is 17.8 Å². The van der Waals surface area contributed by atoms with Crippen LogP contribution in [-0.2, 0) is 0 Å². The number of nitrogens with zero attached hydrogens (tertiary/aromatic N) is 1. The Bertz CT molecular complexity index is 644. The second-order valence-electron chi connectivity index (χ2n) is 4.42. The van der Waals surface area contributed by atoms with E-state index in [1.165, 1.54) is 5.56 Å². The van der Waals surface area contributed by atoms with E-state index in [9.17, 15) is 0 Å². The lowest BCUT2D eigenvalue weighted by Crippen LogP contribution is -2.05. The zero-order chi connectivity index (χ0) is 13.9. The predicted octanol–water partition coefficient (Wildman–Crippen LogP) is 5.25. The van der Waals surface area contributed by atoms with Crippen LogP contribution in [0.15, 0.2) is 53.5 Å². The van der Waals surface area contributed by atoms with Gasteiger partial charge in [0, 0.05) is 10.8 Å². The van der Waals surface area contributed by atoms with Crippen LogP contribution in [-0.4, -0.2) is 10.9 Å². The van der Waals surface area contributed by atoms with E-state index in [0.29, 0.717) is 10.0 Å². The van der Waals surface area contributed by atoms with Gasteiger partial charge >= 0.3 is 0 Å². The number of aliphatic imine (C=N–C) groups is 1.